The van der Waals surface area contributed by atoms with E-state index >= 15 is 0 Å². The highest BCUT2D eigenvalue weighted by atomic mass is 15.2. The Bertz CT molecular complexity index is 320. The molecule has 0 amide bonds. The molecular formula is C15H25N3. The smallest absolute Gasteiger partial charge is 0.0575 e. The Morgan fingerprint density at radius 1 is 1.28 bits per heavy atom. The summed E-state index contributed by atoms with van der Waals surface area (Å²) < 4.78 is 0. The molecule has 0 bridgehead atoms. The van der Waals surface area contributed by atoms with Gasteiger partial charge in [-0.3, -0.25) is 9.88 Å². The first kappa shape index (κ1) is 13.5. The van der Waals surface area contributed by atoms with Crippen molar-refractivity contribution in [2.24, 2.45) is 0 Å². The van der Waals surface area contributed by atoms with Crippen molar-refractivity contribution in [1.82, 2.24) is 15.2 Å². The van der Waals surface area contributed by atoms with Crippen LogP contribution in [0.25, 0.3) is 0 Å². The second-order valence-electron chi connectivity index (χ2n) is 5.05. The SMILES string of the molecule is CCCCC[C@@H](c1ccccn1)N1CCNCC1. The van der Waals surface area contributed by atoms with Crippen molar-refractivity contribution in [2.45, 2.75) is 38.6 Å². The van der Waals surface area contributed by atoms with Gasteiger partial charge in [-0.05, 0) is 18.6 Å². The molecular weight excluding hydrogens is 222 g/mol. The van der Waals surface area contributed by atoms with Crippen molar-refractivity contribution in [3.63, 3.8) is 0 Å². The van der Waals surface area contributed by atoms with Gasteiger partial charge in [0, 0.05) is 32.4 Å². The molecule has 2 rings (SSSR count). The standard InChI is InChI=1S/C15H25N3/c1-2-3-4-8-15(14-7-5-6-9-17-14)18-12-10-16-11-13-18/h5-7,9,15-16H,2-4,8,10-13H2,1H3/t15-/m0/s1. The zero-order valence-electron chi connectivity index (χ0n) is 11.4. The van der Waals surface area contributed by atoms with Crippen molar-refractivity contribution >= 4 is 0 Å². The van der Waals surface area contributed by atoms with Crippen LogP contribution in [0.3, 0.4) is 0 Å². The summed E-state index contributed by atoms with van der Waals surface area (Å²) in [6.45, 7) is 6.77. The van der Waals surface area contributed by atoms with Crippen LogP contribution in [0.4, 0.5) is 0 Å². The maximum Gasteiger partial charge on any atom is 0.0575 e. The lowest BCUT2D eigenvalue weighted by Gasteiger charge is -2.34. The number of hydrogen-bond acceptors (Lipinski definition) is 3. The normalized spacial score (nSPS) is 18.7. The van der Waals surface area contributed by atoms with E-state index in [4.69, 9.17) is 0 Å². The van der Waals surface area contributed by atoms with Gasteiger partial charge in [0.2, 0.25) is 0 Å². The summed E-state index contributed by atoms with van der Waals surface area (Å²) in [4.78, 5) is 7.16. The molecule has 1 aromatic heterocycles. The van der Waals surface area contributed by atoms with Gasteiger partial charge < -0.3 is 5.32 Å². The summed E-state index contributed by atoms with van der Waals surface area (Å²) in [7, 11) is 0. The van der Waals surface area contributed by atoms with Gasteiger partial charge in [-0.2, -0.15) is 0 Å². The molecule has 100 valence electrons. The van der Waals surface area contributed by atoms with Gasteiger partial charge in [-0.1, -0.05) is 32.3 Å². The fraction of sp³-hybridized carbons (Fsp3) is 0.667. The molecule has 2 heterocycles. The predicted octanol–water partition coefficient (Wildman–Crippen LogP) is 2.61. The van der Waals surface area contributed by atoms with Crippen LogP contribution in [-0.4, -0.2) is 36.1 Å². The topological polar surface area (TPSA) is 28.2 Å². The summed E-state index contributed by atoms with van der Waals surface area (Å²) in [6, 6.07) is 6.81. The number of pyridine rings is 1. The number of nitrogens with zero attached hydrogens (tertiary/aromatic N) is 2. The first-order valence-electron chi connectivity index (χ1n) is 7.27. The van der Waals surface area contributed by atoms with Crippen molar-refractivity contribution in [3.05, 3.63) is 30.1 Å². The summed E-state index contributed by atoms with van der Waals surface area (Å²) in [6.07, 6.45) is 7.09. The largest absolute Gasteiger partial charge is 0.314 e. The first-order chi connectivity index (χ1) is 8.92. The highest BCUT2D eigenvalue weighted by molar-refractivity contribution is 5.09. The van der Waals surface area contributed by atoms with Crippen LogP contribution in [0.1, 0.15) is 44.3 Å². The Hall–Kier alpha value is -0.930. The van der Waals surface area contributed by atoms with Crippen LogP contribution in [0.2, 0.25) is 0 Å². The van der Waals surface area contributed by atoms with E-state index in [0.717, 1.165) is 26.2 Å². The van der Waals surface area contributed by atoms with E-state index in [1.54, 1.807) is 0 Å². The van der Waals surface area contributed by atoms with Gasteiger partial charge in [-0.15, -0.1) is 0 Å². The first-order valence-corrected chi connectivity index (χ1v) is 7.27. The van der Waals surface area contributed by atoms with Crippen molar-refractivity contribution in [3.8, 4) is 0 Å². The van der Waals surface area contributed by atoms with Gasteiger partial charge in [0.05, 0.1) is 11.7 Å². The van der Waals surface area contributed by atoms with Gasteiger partial charge in [0.1, 0.15) is 0 Å². The van der Waals surface area contributed by atoms with Gasteiger partial charge in [0.15, 0.2) is 0 Å². The lowest BCUT2D eigenvalue weighted by molar-refractivity contribution is 0.159. The molecule has 1 aliphatic rings. The van der Waals surface area contributed by atoms with E-state index in [2.05, 4.69) is 34.3 Å². The van der Waals surface area contributed by atoms with Crippen LogP contribution in [0.15, 0.2) is 24.4 Å². The maximum atomic E-state index is 4.57. The average Bonchev–Trinajstić information content (AvgIpc) is 2.46. The molecule has 3 nitrogen and oxygen atoms in total. The third kappa shape index (κ3) is 3.79. The molecule has 0 saturated carbocycles. The Morgan fingerprint density at radius 2 is 2.11 bits per heavy atom. The van der Waals surface area contributed by atoms with Crippen molar-refractivity contribution in [2.75, 3.05) is 26.2 Å². The van der Waals surface area contributed by atoms with Crippen molar-refractivity contribution in [1.29, 1.82) is 0 Å². The Balaban J connectivity index is 2.01. The number of piperazine rings is 1. The lowest BCUT2D eigenvalue weighted by atomic mass is 10.0. The molecule has 1 saturated heterocycles. The third-order valence-corrected chi connectivity index (χ3v) is 3.70. The molecule has 1 aliphatic heterocycles. The van der Waals surface area contributed by atoms with E-state index in [9.17, 15) is 0 Å². The molecule has 1 N–H and O–H groups in total. The fourth-order valence-corrected chi connectivity index (χ4v) is 2.67. The predicted molar refractivity (Wildman–Crippen MR) is 75.6 cm³/mol. The van der Waals surface area contributed by atoms with Crippen molar-refractivity contribution < 1.29 is 0 Å². The summed E-state index contributed by atoms with van der Waals surface area (Å²) in [5.74, 6) is 0. The van der Waals surface area contributed by atoms with E-state index < -0.39 is 0 Å². The second-order valence-corrected chi connectivity index (χ2v) is 5.05. The number of unbranched alkanes of at least 4 members (excludes halogenated alkanes) is 2. The number of rotatable bonds is 6. The third-order valence-electron chi connectivity index (χ3n) is 3.70. The van der Waals surface area contributed by atoms with E-state index in [1.165, 1.54) is 31.4 Å². The molecule has 0 radical (unpaired) electrons. The van der Waals surface area contributed by atoms with Crippen LogP contribution in [0.5, 0.6) is 0 Å². The van der Waals surface area contributed by atoms with Crippen LogP contribution < -0.4 is 5.32 Å². The van der Waals surface area contributed by atoms with Crippen LogP contribution >= 0.6 is 0 Å². The highest BCUT2D eigenvalue weighted by Crippen LogP contribution is 2.25. The molecule has 1 aromatic rings. The number of aromatic nitrogens is 1. The molecule has 0 unspecified atom stereocenters. The van der Waals surface area contributed by atoms with E-state index in [1.807, 2.05) is 12.3 Å². The minimum absolute atomic E-state index is 0.514. The minimum Gasteiger partial charge on any atom is -0.314 e. The zero-order chi connectivity index (χ0) is 12.6. The Morgan fingerprint density at radius 3 is 2.78 bits per heavy atom. The number of nitrogens with one attached hydrogen (secondary N) is 1. The van der Waals surface area contributed by atoms with E-state index in [-0.39, 0.29) is 0 Å². The highest BCUT2D eigenvalue weighted by Gasteiger charge is 2.22. The second kappa shape index (κ2) is 7.49. The minimum atomic E-state index is 0.514. The molecule has 1 fully saturated rings. The zero-order valence-corrected chi connectivity index (χ0v) is 11.4. The molecule has 0 spiro atoms. The monoisotopic (exact) mass is 247 g/mol. The van der Waals surface area contributed by atoms with Gasteiger partial charge in [0.25, 0.3) is 0 Å². The molecule has 1 atom stereocenters. The summed E-state index contributed by atoms with van der Waals surface area (Å²) in [5.41, 5.74) is 1.25. The summed E-state index contributed by atoms with van der Waals surface area (Å²) >= 11 is 0. The van der Waals surface area contributed by atoms with E-state index in [0.29, 0.717) is 6.04 Å². The molecule has 18 heavy (non-hydrogen) atoms. The number of hydrogen-bond donors (Lipinski definition) is 1. The van der Waals surface area contributed by atoms with Gasteiger partial charge >= 0.3 is 0 Å². The summed E-state index contributed by atoms with van der Waals surface area (Å²) in [5, 5.41) is 3.43. The maximum absolute atomic E-state index is 4.57. The Kier molecular flexibility index (Phi) is 5.62. The molecule has 0 aliphatic carbocycles. The molecule has 3 heteroatoms. The van der Waals surface area contributed by atoms with Gasteiger partial charge in [-0.25, -0.2) is 0 Å². The fourth-order valence-electron chi connectivity index (χ4n) is 2.67. The molecule has 0 aromatic carbocycles. The quantitative estimate of drug-likeness (QED) is 0.783. The van der Waals surface area contributed by atoms with Crippen LogP contribution in [0, 0.1) is 0 Å². The van der Waals surface area contributed by atoms with Crippen LogP contribution in [-0.2, 0) is 0 Å². The lowest BCUT2D eigenvalue weighted by Crippen LogP contribution is -2.45. The average molecular weight is 247 g/mol. The Labute approximate surface area is 111 Å².